The van der Waals surface area contributed by atoms with Gasteiger partial charge in [0.15, 0.2) is 0 Å². The van der Waals surface area contributed by atoms with E-state index in [1.807, 2.05) is 0 Å². The Labute approximate surface area is 111 Å². The van der Waals surface area contributed by atoms with Crippen LogP contribution >= 0.6 is 0 Å². The molecule has 0 radical (unpaired) electrons. The summed E-state index contributed by atoms with van der Waals surface area (Å²) in [6.07, 6.45) is -2.35. The van der Waals surface area contributed by atoms with Gasteiger partial charge >= 0.3 is 6.18 Å². The Morgan fingerprint density at radius 1 is 1.25 bits per heavy atom. The van der Waals surface area contributed by atoms with Gasteiger partial charge in [-0.05, 0) is 31.0 Å². The molecule has 2 rings (SSSR count). The minimum atomic E-state index is -4.55. The van der Waals surface area contributed by atoms with Gasteiger partial charge in [-0.25, -0.2) is 9.07 Å². The predicted molar refractivity (Wildman–Crippen MR) is 61.7 cm³/mol. The van der Waals surface area contributed by atoms with Crippen LogP contribution in [0.5, 0.6) is 0 Å². The molecule has 1 aromatic heterocycles. The molecule has 4 nitrogen and oxygen atoms in total. The molecule has 0 amide bonds. The lowest BCUT2D eigenvalue weighted by Gasteiger charge is -2.09. The van der Waals surface area contributed by atoms with Crippen LogP contribution in [0.15, 0.2) is 24.4 Å². The number of aliphatic hydroxyl groups is 1. The van der Waals surface area contributed by atoms with Crippen molar-refractivity contribution in [1.29, 1.82) is 0 Å². The molecule has 0 aliphatic heterocycles. The summed E-state index contributed by atoms with van der Waals surface area (Å²) in [7, 11) is 0. The van der Waals surface area contributed by atoms with E-state index in [0.29, 0.717) is 30.7 Å². The van der Waals surface area contributed by atoms with Crippen LogP contribution in [-0.2, 0) is 12.6 Å². The molecule has 0 fully saturated rings. The monoisotopic (exact) mass is 289 g/mol. The third-order valence-electron chi connectivity index (χ3n) is 2.65. The van der Waals surface area contributed by atoms with Gasteiger partial charge in [-0.2, -0.15) is 13.2 Å². The van der Waals surface area contributed by atoms with E-state index in [9.17, 15) is 17.6 Å². The fourth-order valence-electron chi connectivity index (χ4n) is 1.66. The summed E-state index contributed by atoms with van der Waals surface area (Å²) >= 11 is 0. The molecule has 0 aliphatic carbocycles. The molecule has 0 saturated carbocycles. The van der Waals surface area contributed by atoms with E-state index in [4.69, 9.17) is 5.11 Å². The first-order valence-corrected chi connectivity index (χ1v) is 5.81. The highest BCUT2D eigenvalue weighted by atomic mass is 19.4. The van der Waals surface area contributed by atoms with Gasteiger partial charge in [0.25, 0.3) is 0 Å². The SMILES string of the molecule is OCCCc1cn(-c2cc(C(F)(F)F)ccc2F)nn1. The van der Waals surface area contributed by atoms with Crippen LogP contribution in [0.1, 0.15) is 17.7 Å². The molecule has 0 unspecified atom stereocenters. The first-order chi connectivity index (χ1) is 9.41. The minimum Gasteiger partial charge on any atom is -0.396 e. The maximum atomic E-state index is 13.6. The van der Waals surface area contributed by atoms with E-state index in [1.54, 1.807) is 0 Å². The third kappa shape index (κ3) is 3.13. The number of halogens is 4. The molecule has 0 bridgehead atoms. The highest BCUT2D eigenvalue weighted by Gasteiger charge is 2.31. The first kappa shape index (κ1) is 14.4. The van der Waals surface area contributed by atoms with Crippen molar-refractivity contribution >= 4 is 0 Å². The number of rotatable bonds is 4. The molecular formula is C12H11F4N3O. The fourth-order valence-corrected chi connectivity index (χ4v) is 1.66. The fraction of sp³-hybridized carbons (Fsp3) is 0.333. The Morgan fingerprint density at radius 3 is 2.65 bits per heavy atom. The van der Waals surface area contributed by atoms with E-state index in [2.05, 4.69) is 10.3 Å². The van der Waals surface area contributed by atoms with Crippen molar-refractivity contribution in [3.63, 3.8) is 0 Å². The number of hydrogen-bond acceptors (Lipinski definition) is 3. The summed E-state index contributed by atoms with van der Waals surface area (Å²) < 4.78 is 52.3. The topological polar surface area (TPSA) is 50.9 Å². The van der Waals surface area contributed by atoms with Gasteiger partial charge in [-0.15, -0.1) is 5.10 Å². The van der Waals surface area contributed by atoms with Crippen LogP contribution in [0.2, 0.25) is 0 Å². The molecule has 0 atom stereocenters. The molecule has 108 valence electrons. The summed E-state index contributed by atoms with van der Waals surface area (Å²) in [6, 6.07) is 2.09. The van der Waals surface area contributed by atoms with Crippen molar-refractivity contribution in [1.82, 2.24) is 15.0 Å². The van der Waals surface area contributed by atoms with Crippen LogP contribution in [0.4, 0.5) is 17.6 Å². The van der Waals surface area contributed by atoms with Crippen LogP contribution in [0.25, 0.3) is 5.69 Å². The van der Waals surface area contributed by atoms with Gasteiger partial charge < -0.3 is 5.11 Å². The van der Waals surface area contributed by atoms with Crippen LogP contribution < -0.4 is 0 Å². The number of aliphatic hydroxyl groups excluding tert-OH is 1. The van der Waals surface area contributed by atoms with Crippen molar-refractivity contribution < 1.29 is 22.7 Å². The number of benzene rings is 1. The van der Waals surface area contributed by atoms with Crippen molar-refractivity contribution in [2.45, 2.75) is 19.0 Å². The summed E-state index contributed by atoms with van der Waals surface area (Å²) in [6.45, 7) is -0.0369. The standard InChI is InChI=1S/C12H11F4N3O/c13-10-4-3-8(12(14,15)16)6-11(10)19-7-9(17-18-19)2-1-5-20/h3-4,6-7,20H,1-2,5H2. The highest BCUT2D eigenvalue weighted by Crippen LogP contribution is 2.31. The van der Waals surface area contributed by atoms with Gasteiger partial charge in [0.1, 0.15) is 11.5 Å². The van der Waals surface area contributed by atoms with E-state index in [1.165, 1.54) is 6.20 Å². The zero-order valence-corrected chi connectivity index (χ0v) is 10.2. The highest BCUT2D eigenvalue weighted by molar-refractivity contribution is 5.38. The number of aromatic nitrogens is 3. The number of aryl methyl sites for hydroxylation is 1. The van der Waals surface area contributed by atoms with Crippen LogP contribution in [0.3, 0.4) is 0 Å². The number of alkyl halides is 3. The Balaban J connectivity index is 2.34. The molecule has 1 heterocycles. The van der Waals surface area contributed by atoms with Crippen LogP contribution in [0, 0.1) is 5.82 Å². The summed E-state index contributed by atoms with van der Waals surface area (Å²) in [5, 5.41) is 16.0. The molecule has 2 aromatic rings. The molecule has 1 N–H and O–H groups in total. The Bertz CT molecular complexity index is 595. The van der Waals surface area contributed by atoms with Gasteiger partial charge in [0.2, 0.25) is 0 Å². The first-order valence-electron chi connectivity index (χ1n) is 5.81. The molecule has 20 heavy (non-hydrogen) atoms. The molecule has 8 heteroatoms. The maximum absolute atomic E-state index is 13.6. The zero-order chi connectivity index (χ0) is 14.8. The minimum absolute atomic E-state index is 0.0369. The largest absolute Gasteiger partial charge is 0.416 e. The summed E-state index contributed by atoms with van der Waals surface area (Å²) in [4.78, 5) is 0. The van der Waals surface area contributed by atoms with Gasteiger partial charge in [-0.3, -0.25) is 0 Å². The van der Waals surface area contributed by atoms with Crippen molar-refractivity contribution in [3.8, 4) is 5.69 Å². The zero-order valence-electron chi connectivity index (χ0n) is 10.2. The normalized spacial score (nSPS) is 11.8. The average molecular weight is 289 g/mol. The van der Waals surface area contributed by atoms with Crippen molar-refractivity contribution in [2.24, 2.45) is 0 Å². The summed E-state index contributed by atoms with van der Waals surface area (Å²) in [5.41, 5.74) is -0.806. The molecule has 0 aliphatic rings. The van der Waals surface area contributed by atoms with E-state index >= 15 is 0 Å². The Hall–Kier alpha value is -1.96. The Morgan fingerprint density at radius 2 is 2.00 bits per heavy atom. The second-order valence-electron chi connectivity index (χ2n) is 4.15. The predicted octanol–water partition coefficient (Wildman–Crippen LogP) is 2.35. The lowest BCUT2D eigenvalue weighted by molar-refractivity contribution is -0.137. The van der Waals surface area contributed by atoms with Crippen molar-refractivity contribution in [3.05, 3.63) is 41.5 Å². The molecular weight excluding hydrogens is 278 g/mol. The number of hydrogen-bond donors (Lipinski definition) is 1. The maximum Gasteiger partial charge on any atom is 0.416 e. The lowest BCUT2D eigenvalue weighted by Crippen LogP contribution is -2.08. The quantitative estimate of drug-likeness (QED) is 0.879. The summed E-state index contributed by atoms with van der Waals surface area (Å²) in [5.74, 6) is -0.823. The second-order valence-corrected chi connectivity index (χ2v) is 4.15. The molecule has 0 saturated heterocycles. The van der Waals surface area contributed by atoms with Crippen molar-refractivity contribution in [2.75, 3.05) is 6.61 Å². The average Bonchev–Trinajstić information content (AvgIpc) is 2.84. The van der Waals surface area contributed by atoms with E-state index in [0.717, 1.165) is 10.7 Å². The molecule has 0 spiro atoms. The van der Waals surface area contributed by atoms with Crippen LogP contribution in [-0.4, -0.2) is 26.7 Å². The lowest BCUT2D eigenvalue weighted by atomic mass is 10.2. The van der Waals surface area contributed by atoms with E-state index in [-0.39, 0.29) is 12.3 Å². The number of nitrogens with zero attached hydrogens (tertiary/aromatic N) is 3. The third-order valence-corrected chi connectivity index (χ3v) is 2.65. The van der Waals surface area contributed by atoms with Gasteiger partial charge in [0.05, 0.1) is 17.5 Å². The van der Waals surface area contributed by atoms with E-state index < -0.39 is 17.6 Å². The second kappa shape index (κ2) is 5.58. The van der Waals surface area contributed by atoms with Gasteiger partial charge in [0, 0.05) is 6.61 Å². The van der Waals surface area contributed by atoms with Gasteiger partial charge in [-0.1, -0.05) is 5.21 Å². The molecule has 1 aromatic carbocycles. The smallest absolute Gasteiger partial charge is 0.396 e. The Kier molecular flexibility index (Phi) is 4.03.